The van der Waals surface area contributed by atoms with Gasteiger partial charge in [-0.05, 0) is 18.1 Å². The van der Waals surface area contributed by atoms with Crippen LogP contribution in [0.2, 0.25) is 0 Å². The number of rotatable bonds is 8. The summed E-state index contributed by atoms with van der Waals surface area (Å²) in [6.07, 6.45) is 2.48. The first-order chi connectivity index (χ1) is 12.0. The molecule has 0 bridgehead atoms. The molecule has 134 valence electrons. The first kappa shape index (κ1) is 18.3. The minimum atomic E-state index is -0.912. The van der Waals surface area contributed by atoms with E-state index in [1.807, 2.05) is 30.5 Å². The molecule has 8 heteroatoms. The van der Waals surface area contributed by atoms with Gasteiger partial charge in [-0.15, -0.1) is 0 Å². The second-order valence-electron chi connectivity index (χ2n) is 5.63. The number of urea groups is 1. The molecule has 1 atom stereocenters. The Bertz CT molecular complexity index is 756. The molecule has 1 heterocycles. The van der Waals surface area contributed by atoms with Crippen molar-refractivity contribution in [3.63, 3.8) is 0 Å². The van der Waals surface area contributed by atoms with Crippen LogP contribution >= 0.6 is 0 Å². The van der Waals surface area contributed by atoms with Gasteiger partial charge in [0.2, 0.25) is 5.91 Å². The predicted octanol–water partition coefficient (Wildman–Crippen LogP) is 0.989. The lowest BCUT2D eigenvalue weighted by atomic mass is 10.0. The topological polar surface area (TPSA) is 123 Å². The van der Waals surface area contributed by atoms with Crippen LogP contribution in [-0.4, -0.2) is 47.6 Å². The van der Waals surface area contributed by atoms with E-state index < -0.39 is 18.0 Å². The Morgan fingerprint density at radius 2 is 2.00 bits per heavy atom. The van der Waals surface area contributed by atoms with Gasteiger partial charge in [-0.3, -0.25) is 9.59 Å². The largest absolute Gasteiger partial charge is 0.481 e. The van der Waals surface area contributed by atoms with E-state index >= 15 is 0 Å². The van der Waals surface area contributed by atoms with Crippen LogP contribution in [-0.2, 0) is 16.0 Å². The van der Waals surface area contributed by atoms with E-state index in [0.29, 0.717) is 12.8 Å². The van der Waals surface area contributed by atoms with Crippen molar-refractivity contribution in [1.82, 2.24) is 20.9 Å². The summed E-state index contributed by atoms with van der Waals surface area (Å²) in [6.45, 7) is 0.228. The van der Waals surface area contributed by atoms with Crippen molar-refractivity contribution in [1.29, 1.82) is 0 Å². The van der Waals surface area contributed by atoms with Crippen LogP contribution < -0.4 is 16.0 Å². The van der Waals surface area contributed by atoms with Crippen LogP contribution in [0.3, 0.4) is 0 Å². The summed E-state index contributed by atoms with van der Waals surface area (Å²) in [5.41, 5.74) is 1.89. The normalized spacial score (nSPS) is 11.7. The van der Waals surface area contributed by atoms with Crippen LogP contribution in [0.4, 0.5) is 4.79 Å². The zero-order valence-corrected chi connectivity index (χ0v) is 14.0. The molecule has 0 aliphatic heterocycles. The van der Waals surface area contributed by atoms with Gasteiger partial charge in [0.05, 0.1) is 0 Å². The van der Waals surface area contributed by atoms with E-state index in [2.05, 4.69) is 20.9 Å². The maximum Gasteiger partial charge on any atom is 0.315 e. The van der Waals surface area contributed by atoms with Crippen molar-refractivity contribution < 1.29 is 19.5 Å². The SMILES string of the molecule is CNC(=O)[C@H](Cc1c[nH]c2ccccc12)NC(=O)NCCCC(=O)O. The number of para-hydroxylation sites is 1. The smallest absolute Gasteiger partial charge is 0.315 e. The van der Waals surface area contributed by atoms with Crippen molar-refractivity contribution in [3.8, 4) is 0 Å². The van der Waals surface area contributed by atoms with Gasteiger partial charge in [0.25, 0.3) is 0 Å². The molecule has 0 unspecified atom stereocenters. The predicted molar refractivity (Wildman–Crippen MR) is 93.3 cm³/mol. The lowest BCUT2D eigenvalue weighted by Crippen LogP contribution is -2.50. The number of carboxylic acid groups (broad SMARTS) is 1. The third-order valence-corrected chi connectivity index (χ3v) is 3.82. The summed E-state index contributed by atoms with van der Waals surface area (Å²) in [7, 11) is 1.51. The molecule has 2 rings (SSSR count). The summed E-state index contributed by atoms with van der Waals surface area (Å²) in [5.74, 6) is -1.21. The highest BCUT2D eigenvalue weighted by Gasteiger charge is 2.21. The molecule has 0 saturated carbocycles. The molecular weight excluding hydrogens is 324 g/mol. The van der Waals surface area contributed by atoms with Crippen LogP contribution in [0.25, 0.3) is 10.9 Å². The number of aromatic amines is 1. The Kier molecular flexibility index (Phi) is 6.39. The number of fused-ring (bicyclic) bond motifs is 1. The quantitative estimate of drug-likeness (QED) is 0.457. The highest BCUT2D eigenvalue weighted by Crippen LogP contribution is 2.19. The zero-order chi connectivity index (χ0) is 18.2. The monoisotopic (exact) mass is 346 g/mol. The Morgan fingerprint density at radius 3 is 2.72 bits per heavy atom. The maximum atomic E-state index is 12.1. The summed E-state index contributed by atoms with van der Waals surface area (Å²) in [4.78, 5) is 37.6. The molecule has 1 aromatic heterocycles. The van der Waals surface area contributed by atoms with Crippen LogP contribution in [0.15, 0.2) is 30.5 Å². The molecule has 1 aromatic carbocycles. The molecule has 0 radical (unpaired) electrons. The molecule has 5 N–H and O–H groups in total. The van der Waals surface area contributed by atoms with E-state index in [0.717, 1.165) is 16.5 Å². The number of amides is 3. The van der Waals surface area contributed by atoms with Gasteiger partial charge in [-0.2, -0.15) is 0 Å². The van der Waals surface area contributed by atoms with Gasteiger partial charge in [-0.25, -0.2) is 4.79 Å². The molecule has 25 heavy (non-hydrogen) atoms. The Morgan fingerprint density at radius 1 is 1.24 bits per heavy atom. The minimum absolute atomic E-state index is 0.0194. The standard InChI is InChI=1S/C17H22N4O4/c1-18-16(24)14(21-17(25)19-8-4-7-15(22)23)9-11-10-20-13-6-3-2-5-12(11)13/h2-3,5-6,10,14,20H,4,7-9H2,1H3,(H,18,24)(H,22,23)(H2,19,21,25)/t14-/m0/s1. The average Bonchev–Trinajstić information content (AvgIpc) is 3.00. The maximum absolute atomic E-state index is 12.1. The highest BCUT2D eigenvalue weighted by atomic mass is 16.4. The van der Waals surface area contributed by atoms with E-state index in [4.69, 9.17) is 5.11 Å². The molecular formula is C17H22N4O4. The molecule has 8 nitrogen and oxygen atoms in total. The van der Waals surface area contributed by atoms with Crippen molar-refractivity contribution >= 4 is 28.8 Å². The van der Waals surface area contributed by atoms with Crippen molar-refractivity contribution in [2.75, 3.05) is 13.6 Å². The number of hydrogen-bond donors (Lipinski definition) is 5. The minimum Gasteiger partial charge on any atom is -0.481 e. The molecule has 3 amide bonds. The Balaban J connectivity index is 1.98. The number of aliphatic carboxylic acids is 1. The van der Waals surface area contributed by atoms with Gasteiger partial charge < -0.3 is 26.0 Å². The second kappa shape index (κ2) is 8.72. The number of carbonyl (C=O) groups is 3. The van der Waals surface area contributed by atoms with Gasteiger partial charge in [-0.1, -0.05) is 18.2 Å². The van der Waals surface area contributed by atoms with Crippen molar-refractivity contribution in [2.24, 2.45) is 0 Å². The number of aromatic nitrogens is 1. The number of benzene rings is 1. The summed E-state index contributed by atoms with van der Waals surface area (Å²) in [5, 5.41) is 17.3. The summed E-state index contributed by atoms with van der Waals surface area (Å²) in [6, 6.07) is 6.49. The van der Waals surface area contributed by atoms with Crippen LogP contribution in [0.1, 0.15) is 18.4 Å². The third-order valence-electron chi connectivity index (χ3n) is 3.82. The third kappa shape index (κ3) is 5.23. The number of carbonyl (C=O) groups excluding carboxylic acids is 2. The number of H-pyrrole nitrogens is 1. The fourth-order valence-corrected chi connectivity index (χ4v) is 2.55. The summed E-state index contributed by atoms with van der Waals surface area (Å²) < 4.78 is 0. The van der Waals surface area contributed by atoms with E-state index in [-0.39, 0.29) is 18.9 Å². The average molecular weight is 346 g/mol. The van der Waals surface area contributed by atoms with Crippen LogP contribution in [0.5, 0.6) is 0 Å². The first-order valence-electron chi connectivity index (χ1n) is 8.04. The fraction of sp³-hybridized carbons (Fsp3) is 0.353. The first-order valence-corrected chi connectivity index (χ1v) is 8.04. The van der Waals surface area contributed by atoms with Crippen LogP contribution in [0, 0.1) is 0 Å². The molecule has 2 aromatic rings. The van der Waals surface area contributed by atoms with Crippen molar-refractivity contribution in [2.45, 2.75) is 25.3 Å². The van der Waals surface area contributed by atoms with E-state index in [1.165, 1.54) is 7.05 Å². The number of likely N-dealkylation sites (N-methyl/N-ethyl adjacent to an activating group) is 1. The Hall–Kier alpha value is -3.03. The Labute approximate surface area is 145 Å². The molecule has 0 saturated heterocycles. The number of hydrogen-bond acceptors (Lipinski definition) is 3. The number of carboxylic acids is 1. The van der Waals surface area contributed by atoms with Gasteiger partial charge >= 0.3 is 12.0 Å². The number of nitrogens with one attached hydrogen (secondary N) is 4. The molecule has 0 aliphatic rings. The van der Waals surface area contributed by atoms with Crippen molar-refractivity contribution in [3.05, 3.63) is 36.0 Å². The van der Waals surface area contributed by atoms with Gasteiger partial charge in [0, 0.05) is 43.5 Å². The summed E-state index contributed by atoms with van der Waals surface area (Å²) >= 11 is 0. The second-order valence-corrected chi connectivity index (χ2v) is 5.63. The molecule has 0 fully saturated rings. The van der Waals surface area contributed by atoms with E-state index in [1.54, 1.807) is 0 Å². The van der Waals surface area contributed by atoms with Gasteiger partial charge in [0.15, 0.2) is 0 Å². The molecule has 0 aliphatic carbocycles. The molecule has 0 spiro atoms. The van der Waals surface area contributed by atoms with Gasteiger partial charge in [0.1, 0.15) is 6.04 Å². The van der Waals surface area contributed by atoms with E-state index in [9.17, 15) is 14.4 Å². The zero-order valence-electron chi connectivity index (χ0n) is 14.0. The lowest BCUT2D eigenvalue weighted by Gasteiger charge is -2.17. The highest BCUT2D eigenvalue weighted by molar-refractivity contribution is 5.89. The lowest BCUT2D eigenvalue weighted by molar-refractivity contribution is -0.137. The fourth-order valence-electron chi connectivity index (χ4n) is 2.55.